The molecule has 0 spiro atoms. The number of hydrogen-bond acceptors (Lipinski definition) is 8. The molecule has 0 aliphatic carbocycles. The summed E-state index contributed by atoms with van der Waals surface area (Å²) in [5, 5.41) is 10.9. The van der Waals surface area contributed by atoms with Crippen LogP contribution in [0, 0.1) is 0 Å². The zero-order valence-corrected chi connectivity index (χ0v) is 21.4. The Kier molecular flexibility index (Phi) is 9.81. The normalized spacial score (nSPS) is 24.1. The molecule has 3 aromatic rings. The Labute approximate surface area is 217 Å². The van der Waals surface area contributed by atoms with Crippen LogP contribution in [-0.2, 0) is 53.1 Å². The lowest BCUT2D eigenvalue weighted by molar-refractivity contribution is -0.314. The van der Waals surface area contributed by atoms with Crippen LogP contribution < -0.4 is 0 Å². The van der Waals surface area contributed by atoms with Crippen molar-refractivity contribution in [3.8, 4) is 0 Å². The third-order valence-electron chi connectivity index (χ3n) is 5.91. The minimum absolute atomic E-state index is 0.215. The summed E-state index contributed by atoms with van der Waals surface area (Å²) < 4.78 is 53.0. The molecule has 1 heterocycles. The Morgan fingerprint density at radius 1 is 0.676 bits per heavy atom. The highest BCUT2D eigenvalue weighted by atomic mass is 32.2. The molecule has 9 heteroatoms. The molecule has 0 bridgehead atoms. The van der Waals surface area contributed by atoms with E-state index in [1.54, 1.807) is 0 Å². The fourth-order valence-electron chi connectivity index (χ4n) is 4.09. The highest BCUT2D eigenvalue weighted by Gasteiger charge is 2.48. The molecule has 8 nitrogen and oxygen atoms in total. The monoisotopic (exact) mass is 528 g/mol. The predicted octanol–water partition coefficient (Wildman–Crippen LogP) is 3.44. The lowest BCUT2D eigenvalue weighted by Crippen LogP contribution is -2.61. The number of aliphatic hydroxyl groups excluding tert-OH is 1. The average Bonchev–Trinajstić information content (AvgIpc) is 2.90. The van der Waals surface area contributed by atoms with E-state index < -0.39 is 40.8 Å². The van der Waals surface area contributed by atoms with E-state index in [1.165, 1.54) is 0 Å². The number of hydrogen-bond donors (Lipinski definition) is 1. The fraction of sp³-hybridized carbons (Fsp3) is 0.357. The van der Waals surface area contributed by atoms with E-state index in [9.17, 15) is 13.5 Å². The number of ether oxygens (including phenoxy) is 4. The smallest absolute Gasteiger partial charge is 0.264 e. The average molecular weight is 529 g/mol. The van der Waals surface area contributed by atoms with Crippen LogP contribution in [0.15, 0.2) is 91.0 Å². The van der Waals surface area contributed by atoms with Gasteiger partial charge in [0.15, 0.2) is 6.29 Å². The minimum atomic E-state index is -3.75. The van der Waals surface area contributed by atoms with E-state index in [-0.39, 0.29) is 26.4 Å². The number of rotatable bonds is 12. The first kappa shape index (κ1) is 27.4. The van der Waals surface area contributed by atoms with Crippen LogP contribution in [0.4, 0.5) is 0 Å². The van der Waals surface area contributed by atoms with Gasteiger partial charge < -0.3 is 24.1 Å². The molecule has 1 N–H and O–H groups in total. The van der Waals surface area contributed by atoms with Gasteiger partial charge in [-0.15, -0.1) is 0 Å². The third kappa shape index (κ3) is 8.44. The molecule has 0 unspecified atom stereocenters. The van der Waals surface area contributed by atoms with Crippen molar-refractivity contribution >= 4 is 10.1 Å². The first-order chi connectivity index (χ1) is 17.9. The van der Waals surface area contributed by atoms with Gasteiger partial charge in [-0.2, -0.15) is 8.42 Å². The lowest BCUT2D eigenvalue weighted by Gasteiger charge is -2.44. The van der Waals surface area contributed by atoms with Gasteiger partial charge in [0.25, 0.3) is 10.1 Å². The highest BCUT2D eigenvalue weighted by Crippen LogP contribution is 2.30. The summed E-state index contributed by atoms with van der Waals surface area (Å²) in [5.74, 6) is 0. The van der Waals surface area contributed by atoms with Crippen LogP contribution in [0.5, 0.6) is 0 Å². The van der Waals surface area contributed by atoms with Crippen molar-refractivity contribution in [3.05, 3.63) is 108 Å². The van der Waals surface area contributed by atoms with Gasteiger partial charge in [-0.3, -0.25) is 4.18 Å². The predicted molar refractivity (Wildman–Crippen MR) is 137 cm³/mol. The molecule has 198 valence electrons. The Morgan fingerprint density at radius 2 is 1.08 bits per heavy atom. The second-order valence-corrected chi connectivity index (χ2v) is 10.5. The largest absolute Gasteiger partial charge is 0.368 e. The van der Waals surface area contributed by atoms with Gasteiger partial charge in [-0.1, -0.05) is 91.0 Å². The summed E-state index contributed by atoms with van der Waals surface area (Å²) in [6, 6.07) is 28.7. The lowest BCUT2D eigenvalue weighted by atomic mass is 9.98. The molecule has 1 fully saturated rings. The van der Waals surface area contributed by atoms with E-state index in [0.29, 0.717) is 0 Å². The van der Waals surface area contributed by atoms with Gasteiger partial charge in [0, 0.05) is 0 Å². The molecule has 0 saturated carbocycles. The van der Waals surface area contributed by atoms with Gasteiger partial charge in [0.1, 0.15) is 24.4 Å². The maximum atomic E-state index is 11.7. The summed E-state index contributed by atoms with van der Waals surface area (Å²) in [6.07, 6.45) is -3.85. The van der Waals surface area contributed by atoms with E-state index in [1.807, 2.05) is 91.0 Å². The Balaban J connectivity index is 1.58. The third-order valence-corrected chi connectivity index (χ3v) is 6.48. The molecular weight excluding hydrogens is 496 g/mol. The van der Waals surface area contributed by atoms with Gasteiger partial charge in [-0.25, -0.2) is 0 Å². The molecule has 0 aromatic heterocycles. The number of aliphatic hydroxyl groups is 1. The van der Waals surface area contributed by atoms with Gasteiger partial charge in [0.05, 0.1) is 32.7 Å². The fourth-order valence-corrected chi connectivity index (χ4v) is 4.47. The SMILES string of the molecule is CS(=O)(=O)OC[C@H]1O[C@H](O)[C@H](OCc2ccccc2)[C@@H](OCc2ccccc2)[C@@H]1OCc1ccccc1. The molecule has 3 aromatic carbocycles. The first-order valence-corrected chi connectivity index (χ1v) is 13.9. The molecule has 0 amide bonds. The van der Waals surface area contributed by atoms with Crippen LogP contribution in [-0.4, -0.2) is 57.1 Å². The van der Waals surface area contributed by atoms with Crippen molar-refractivity contribution in [1.82, 2.24) is 0 Å². The Hall–Kier alpha value is -2.63. The Morgan fingerprint density at radius 3 is 1.51 bits per heavy atom. The van der Waals surface area contributed by atoms with Crippen LogP contribution in [0.1, 0.15) is 16.7 Å². The number of benzene rings is 3. The summed E-state index contributed by atoms with van der Waals surface area (Å²) in [4.78, 5) is 0. The molecule has 4 rings (SSSR count). The van der Waals surface area contributed by atoms with Crippen molar-refractivity contribution in [2.75, 3.05) is 12.9 Å². The zero-order chi connectivity index (χ0) is 26.1. The minimum Gasteiger partial charge on any atom is -0.368 e. The van der Waals surface area contributed by atoms with Crippen molar-refractivity contribution in [3.63, 3.8) is 0 Å². The Bertz CT molecular complexity index is 1170. The summed E-state index contributed by atoms with van der Waals surface area (Å²) in [6.45, 7) is 0.324. The quantitative estimate of drug-likeness (QED) is 0.357. The first-order valence-electron chi connectivity index (χ1n) is 12.0. The second kappa shape index (κ2) is 13.3. The van der Waals surface area contributed by atoms with E-state index in [4.69, 9.17) is 23.1 Å². The molecule has 1 saturated heterocycles. The van der Waals surface area contributed by atoms with Gasteiger partial charge in [-0.05, 0) is 16.7 Å². The van der Waals surface area contributed by atoms with Gasteiger partial charge in [0.2, 0.25) is 0 Å². The molecule has 37 heavy (non-hydrogen) atoms. The van der Waals surface area contributed by atoms with E-state index in [2.05, 4.69) is 0 Å². The zero-order valence-electron chi connectivity index (χ0n) is 20.6. The van der Waals surface area contributed by atoms with Crippen molar-refractivity contribution < 1.29 is 36.7 Å². The standard InChI is InChI=1S/C28H32O8S/c1-37(30,31)35-20-24-25(32-17-21-11-5-2-6-12-21)26(33-18-22-13-7-3-8-14-22)27(28(29)36-24)34-19-23-15-9-4-10-16-23/h2-16,24-29H,17-20H2,1H3/t24-,25-,26+,27-,28+/m1/s1. The topological polar surface area (TPSA) is 101 Å². The van der Waals surface area contributed by atoms with Crippen LogP contribution >= 0.6 is 0 Å². The van der Waals surface area contributed by atoms with E-state index >= 15 is 0 Å². The molecule has 0 radical (unpaired) electrons. The molecule has 5 atom stereocenters. The molecule has 1 aliphatic rings. The summed E-state index contributed by atoms with van der Waals surface area (Å²) in [5.41, 5.74) is 2.76. The van der Waals surface area contributed by atoms with E-state index in [0.717, 1.165) is 22.9 Å². The summed E-state index contributed by atoms with van der Waals surface area (Å²) in [7, 11) is -3.75. The van der Waals surface area contributed by atoms with Crippen LogP contribution in [0.3, 0.4) is 0 Å². The van der Waals surface area contributed by atoms with Crippen LogP contribution in [0.2, 0.25) is 0 Å². The summed E-state index contributed by atoms with van der Waals surface area (Å²) >= 11 is 0. The highest BCUT2D eigenvalue weighted by molar-refractivity contribution is 7.85. The molecular formula is C28H32O8S. The maximum absolute atomic E-state index is 11.7. The van der Waals surface area contributed by atoms with Crippen molar-refractivity contribution in [2.24, 2.45) is 0 Å². The second-order valence-electron chi connectivity index (χ2n) is 8.84. The van der Waals surface area contributed by atoms with Crippen molar-refractivity contribution in [2.45, 2.75) is 50.5 Å². The van der Waals surface area contributed by atoms with Crippen molar-refractivity contribution in [1.29, 1.82) is 0 Å². The maximum Gasteiger partial charge on any atom is 0.264 e. The molecule has 1 aliphatic heterocycles. The van der Waals surface area contributed by atoms with Gasteiger partial charge >= 0.3 is 0 Å². The van der Waals surface area contributed by atoms with Crippen LogP contribution in [0.25, 0.3) is 0 Å².